The topological polar surface area (TPSA) is 44.5 Å². The Kier molecular flexibility index (Phi) is 4.97. The highest BCUT2D eigenvalue weighted by atomic mass is 16.5. The van der Waals surface area contributed by atoms with Crippen molar-refractivity contribution in [3.8, 4) is 5.75 Å². The zero-order valence-electron chi connectivity index (χ0n) is 11.2. The van der Waals surface area contributed by atoms with Gasteiger partial charge in [0.05, 0.1) is 13.2 Å². The van der Waals surface area contributed by atoms with Gasteiger partial charge < -0.3 is 15.2 Å². The number of nitrogens with two attached hydrogens (primary N) is 1. The van der Waals surface area contributed by atoms with Gasteiger partial charge in [0, 0.05) is 5.54 Å². The lowest BCUT2D eigenvalue weighted by atomic mass is 10.1. The van der Waals surface area contributed by atoms with Crippen molar-refractivity contribution in [1.82, 2.24) is 0 Å². The van der Waals surface area contributed by atoms with E-state index in [1.165, 1.54) is 11.1 Å². The van der Waals surface area contributed by atoms with Crippen LogP contribution in [0.4, 0.5) is 0 Å². The smallest absolute Gasteiger partial charge is 0.119 e. The maximum absolute atomic E-state index is 5.80. The molecule has 3 heteroatoms. The molecule has 2 N–H and O–H groups in total. The number of ether oxygens (including phenoxy) is 2. The van der Waals surface area contributed by atoms with Gasteiger partial charge >= 0.3 is 0 Å². The van der Waals surface area contributed by atoms with Gasteiger partial charge in [-0.15, -0.1) is 0 Å². The molecular weight excluding hydrogens is 214 g/mol. The highest BCUT2D eigenvalue weighted by Crippen LogP contribution is 2.16. The van der Waals surface area contributed by atoms with Gasteiger partial charge in [-0.3, -0.25) is 0 Å². The summed E-state index contributed by atoms with van der Waals surface area (Å²) in [5, 5.41) is 0. The molecule has 17 heavy (non-hydrogen) atoms. The van der Waals surface area contributed by atoms with Gasteiger partial charge in [-0.1, -0.05) is 6.07 Å². The maximum Gasteiger partial charge on any atom is 0.119 e. The fourth-order valence-electron chi connectivity index (χ4n) is 1.36. The monoisotopic (exact) mass is 237 g/mol. The van der Waals surface area contributed by atoms with Crippen LogP contribution in [-0.2, 0) is 4.74 Å². The van der Waals surface area contributed by atoms with E-state index in [1.54, 1.807) is 0 Å². The molecule has 0 aliphatic heterocycles. The molecular formula is C14H23NO2. The third kappa shape index (κ3) is 5.71. The van der Waals surface area contributed by atoms with Crippen molar-refractivity contribution in [1.29, 1.82) is 0 Å². The lowest BCUT2D eigenvalue weighted by Gasteiger charge is -2.18. The summed E-state index contributed by atoms with van der Waals surface area (Å²) in [5.41, 5.74) is 8.04. The Morgan fingerprint density at radius 3 is 2.41 bits per heavy atom. The Morgan fingerprint density at radius 1 is 1.12 bits per heavy atom. The molecule has 96 valence electrons. The number of aryl methyl sites for hydroxylation is 2. The van der Waals surface area contributed by atoms with E-state index in [0.29, 0.717) is 19.8 Å². The molecule has 0 aliphatic carbocycles. The van der Waals surface area contributed by atoms with Crippen molar-refractivity contribution in [3.05, 3.63) is 29.3 Å². The molecule has 0 saturated carbocycles. The molecule has 1 aromatic rings. The third-order valence-corrected chi connectivity index (χ3v) is 2.45. The molecule has 0 aromatic heterocycles. The summed E-state index contributed by atoms with van der Waals surface area (Å²) in [6.45, 7) is 9.71. The van der Waals surface area contributed by atoms with Crippen LogP contribution in [0.25, 0.3) is 0 Å². The van der Waals surface area contributed by atoms with E-state index < -0.39 is 0 Å². The summed E-state index contributed by atoms with van der Waals surface area (Å²) in [5.74, 6) is 0.892. The molecule has 0 fully saturated rings. The van der Waals surface area contributed by atoms with Crippen LogP contribution in [0.15, 0.2) is 18.2 Å². The van der Waals surface area contributed by atoms with E-state index in [2.05, 4.69) is 19.9 Å². The van der Waals surface area contributed by atoms with Crippen molar-refractivity contribution in [3.63, 3.8) is 0 Å². The van der Waals surface area contributed by atoms with Crippen molar-refractivity contribution < 1.29 is 9.47 Å². The Bertz CT molecular complexity index is 356. The average molecular weight is 237 g/mol. The lowest BCUT2D eigenvalue weighted by molar-refractivity contribution is 0.0724. The van der Waals surface area contributed by atoms with Crippen LogP contribution >= 0.6 is 0 Å². The minimum atomic E-state index is -0.277. The van der Waals surface area contributed by atoms with E-state index >= 15 is 0 Å². The normalized spacial score (nSPS) is 11.6. The first-order chi connectivity index (χ1) is 7.88. The van der Waals surface area contributed by atoms with Crippen molar-refractivity contribution in [2.45, 2.75) is 33.2 Å². The number of hydrogen-bond donors (Lipinski definition) is 1. The molecule has 0 saturated heterocycles. The summed E-state index contributed by atoms with van der Waals surface area (Å²) in [4.78, 5) is 0. The molecule has 1 aromatic carbocycles. The van der Waals surface area contributed by atoms with Gasteiger partial charge in [0.2, 0.25) is 0 Å². The molecule has 0 bridgehead atoms. The number of benzene rings is 1. The van der Waals surface area contributed by atoms with Gasteiger partial charge in [0.25, 0.3) is 0 Å². The second-order valence-electron chi connectivity index (χ2n) is 5.14. The molecule has 0 heterocycles. The molecule has 0 aliphatic rings. The quantitative estimate of drug-likeness (QED) is 0.773. The van der Waals surface area contributed by atoms with Gasteiger partial charge in [-0.2, -0.15) is 0 Å². The summed E-state index contributed by atoms with van der Waals surface area (Å²) >= 11 is 0. The number of rotatable bonds is 6. The summed E-state index contributed by atoms with van der Waals surface area (Å²) in [6.07, 6.45) is 0. The van der Waals surface area contributed by atoms with Gasteiger partial charge in [0.1, 0.15) is 12.4 Å². The van der Waals surface area contributed by atoms with E-state index in [4.69, 9.17) is 15.2 Å². The van der Waals surface area contributed by atoms with E-state index in [1.807, 2.05) is 26.0 Å². The first kappa shape index (κ1) is 14.0. The Labute approximate surface area is 104 Å². The molecule has 0 spiro atoms. The summed E-state index contributed by atoms with van der Waals surface area (Å²) in [6, 6.07) is 6.09. The van der Waals surface area contributed by atoms with Crippen LogP contribution in [0.5, 0.6) is 5.75 Å². The second kappa shape index (κ2) is 6.03. The SMILES string of the molecule is Cc1ccc(OCCOCC(C)(C)N)cc1C. The summed E-state index contributed by atoms with van der Waals surface area (Å²) < 4.78 is 11.0. The van der Waals surface area contributed by atoms with E-state index in [-0.39, 0.29) is 5.54 Å². The molecule has 1 rings (SSSR count). The van der Waals surface area contributed by atoms with Gasteiger partial charge in [-0.25, -0.2) is 0 Å². The van der Waals surface area contributed by atoms with Crippen LogP contribution in [0, 0.1) is 13.8 Å². The van der Waals surface area contributed by atoms with Crippen LogP contribution in [-0.4, -0.2) is 25.4 Å². The van der Waals surface area contributed by atoms with Crippen LogP contribution < -0.4 is 10.5 Å². The molecule has 0 amide bonds. The van der Waals surface area contributed by atoms with Crippen LogP contribution in [0.2, 0.25) is 0 Å². The van der Waals surface area contributed by atoms with Crippen molar-refractivity contribution in [2.75, 3.05) is 19.8 Å². The van der Waals surface area contributed by atoms with Gasteiger partial charge in [-0.05, 0) is 51.0 Å². The molecule has 0 radical (unpaired) electrons. The highest BCUT2D eigenvalue weighted by molar-refractivity contribution is 5.33. The van der Waals surface area contributed by atoms with Crippen molar-refractivity contribution in [2.24, 2.45) is 5.73 Å². The number of hydrogen-bond acceptors (Lipinski definition) is 3. The molecule has 0 unspecified atom stereocenters. The summed E-state index contributed by atoms with van der Waals surface area (Å²) in [7, 11) is 0. The molecule has 0 atom stereocenters. The Hall–Kier alpha value is -1.06. The second-order valence-corrected chi connectivity index (χ2v) is 5.14. The van der Waals surface area contributed by atoms with Crippen LogP contribution in [0.3, 0.4) is 0 Å². The van der Waals surface area contributed by atoms with Crippen LogP contribution in [0.1, 0.15) is 25.0 Å². The zero-order chi connectivity index (χ0) is 12.9. The molecule has 3 nitrogen and oxygen atoms in total. The Morgan fingerprint density at radius 2 is 1.82 bits per heavy atom. The predicted octanol–water partition coefficient (Wildman–Crippen LogP) is 2.44. The average Bonchev–Trinajstić information content (AvgIpc) is 2.21. The standard InChI is InChI=1S/C14H23NO2/c1-11-5-6-13(9-12(11)2)17-8-7-16-10-14(3,4)15/h5-6,9H,7-8,10,15H2,1-4H3. The lowest BCUT2D eigenvalue weighted by Crippen LogP contribution is -2.37. The largest absolute Gasteiger partial charge is 0.491 e. The van der Waals surface area contributed by atoms with E-state index in [9.17, 15) is 0 Å². The first-order valence-corrected chi connectivity index (χ1v) is 5.95. The van der Waals surface area contributed by atoms with E-state index in [0.717, 1.165) is 5.75 Å². The minimum Gasteiger partial charge on any atom is -0.491 e. The maximum atomic E-state index is 5.80. The predicted molar refractivity (Wildman–Crippen MR) is 70.5 cm³/mol. The highest BCUT2D eigenvalue weighted by Gasteiger charge is 2.09. The fraction of sp³-hybridized carbons (Fsp3) is 0.571. The van der Waals surface area contributed by atoms with Gasteiger partial charge in [0.15, 0.2) is 0 Å². The Balaban J connectivity index is 2.25. The fourth-order valence-corrected chi connectivity index (χ4v) is 1.36. The minimum absolute atomic E-state index is 0.277. The third-order valence-electron chi connectivity index (χ3n) is 2.45. The van der Waals surface area contributed by atoms with Crippen molar-refractivity contribution >= 4 is 0 Å². The first-order valence-electron chi connectivity index (χ1n) is 5.95. The zero-order valence-corrected chi connectivity index (χ0v) is 11.2.